The van der Waals surface area contributed by atoms with E-state index in [0.717, 1.165) is 38.5 Å². The average molecular weight is 441 g/mol. The molecule has 0 aliphatic carbocycles. The minimum atomic E-state index is -1.03. The molecule has 2 unspecified atom stereocenters. The maximum Gasteiger partial charge on any atom is 0.123 e. The molecule has 2 N–H and O–H groups in total. The molecule has 0 aliphatic rings. The summed E-state index contributed by atoms with van der Waals surface area (Å²) in [6.07, 6.45) is 19.5. The number of allylic oxidation sites excluding steroid dienone is 9. The molecule has 0 amide bonds. The van der Waals surface area contributed by atoms with Crippen LogP contribution < -0.4 is 0 Å². The van der Waals surface area contributed by atoms with Crippen molar-refractivity contribution in [3.63, 3.8) is 0 Å². The van der Waals surface area contributed by atoms with E-state index >= 15 is 0 Å². The van der Waals surface area contributed by atoms with E-state index in [1.807, 2.05) is 0 Å². The lowest BCUT2D eigenvalue weighted by Gasteiger charge is -2.17. The van der Waals surface area contributed by atoms with Gasteiger partial charge in [0.25, 0.3) is 0 Å². The number of hydrogen-bond acceptors (Lipinski definition) is 2. The largest absolute Gasteiger partial charge is 0.386 e. The molecule has 0 aromatic heterocycles. The maximum absolute atomic E-state index is 10.5. The van der Waals surface area contributed by atoms with Gasteiger partial charge in [0.2, 0.25) is 0 Å². The lowest BCUT2D eigenvalue weighted by atomic mass is 9.97. The van der Waals surface area contributed by atoms with Crippen LogP contribution in [-0.2, 0) is 0 Å². The van der Waals surface area contributed by atoms with Crippen LogP contribution in [0.2, 0.25) is 0 Å². The number of aliphatic hydroxyl groups is 2. The van der Waals surface area contributed by atoms with E-state index in [1.54, 1.807) is 26.0 Å². The summed E-state index contributed by atoms with van der Waals surface area (Å²) in [5, 5.41) is 21.0. The molecule has 0 saturated carbocycles. The van der Waals surface area contributed by atoms with Crippen LogP contribution >= 0.6 is 0 Å². The Bertz CT molecular complexity index is 750. The predicted molar refractivity (Wildman–Crippen MR) is 141 cm³/mol. The first-order valence-electron chi connectivity index (χ1n) is 12.1. The SMILES string of the molecule is CC(C)=CCCC(C)=CCCC(C)(O)C#CC=CC(C)(O)CCC=C(C)CCC=C(C)C. The van der Waals surface area contributed by atoms with Gasteiger partial charge in [0, 0.05) is 0 Å². The quantitative estimate of drug-likeness (QED) is 0.225. The summed E-state index contributed by atoms with van der Waals surface area (Å²) in [6.45, 7) is 16.3. The van der Waals surface area contributed by atoms with Gasteiger partial charge in [-0.15, -0.1) is 0 Å². The second kappa shape index (κ2) is 15.9. The molecule has 0 fully saturated rings. The van der Waals surface area contributed by atoms with Crippen molar-refractivity contribution in [2.75, 3.05) is 0 Å². The van der Waals surface area contributed by atoms with E-state index in [9.17, 15) is 10.2 Å². The van der Waals surface area contributed by atoms with Crippen LogP contribution in [0.15, 0.2) is 58.7 Å². The molecule has 0 radical (unpaired) electrons. The highest BCUT2D eigenvalue weighted by atomic mass is 16.3. The maximum atomic E-state index is 10.5. The van der Waals surface area contributed by atoms with Gasteiger partial charge in [0.05, 0.1) is 5.60 Å². The monoisotopic (exact) mass is 440 g/mol. The zero-order valence-corrected chi connectivity index (χ0v) is 22.0. The van der Waals surface area contributed by atoms with Gasteiger partial charge in [-0.1, -0.05) is 58.4 Å². The van der Waals surface area contributed by atoms with Gasteiger partial charge in [-0.25, -0.2) is 0 Å². The van der Waals surface area contributed by atoms with Crippen LogP contribution in [-0.4, -0.2) is 21.4 Å². The Morgan fingerprint density at radius 2 is 1.16 bits per heavy atom. The zero-order chi connectivity index (χ0) is 24.6. The second-order valence-corrected chi connectivity index (χ2v) is 10.1. The zero-order valence-electron chi connectivity index (χ0n) is 22.0. The second-order valence-electron chi connectivity index (χ2n) is 10.1. The van der Waals surface area contributed by atoms with Gasteiger partial charge in [-0.2, -0.15) is 0 Å². The summed E-state index contributed by atoms with van der Waals surface area (Å²) in [5.74, 6) is 5.83. The summed E-state index contributed by atoms with van der Waals surface area (Å²) in [4.78, 5) is 0. The van der Waals surface area contributed by atoms with Crippen LogP contribution in [0.1, 0.15) is 107 Å². The highest BCUT2D eigenvalue weighted by molar-refractivity contribution is 5.23. The van der Waals surface area contributed by atoms with E-state index in [-0.39, 0.29) is 0 Å². The molecule has 0 rings (SSSR count). The van der Waals surface area contributed by atoms with Crippen LogP contribution in [0, 0.1) is 11.8 Å². The fourth-order valence-corrected chi connectivity index (χ4v) is 3.16. The first-order valence-corrected chi connectivity index (χ1v) is 12.1. The normalized spacial score (nSPS) is 16.1. The Labute approximate surface area is 198 Å². The van der Waals surface area contributed by atoms with Crippen molar-refractivity contribution in [1.29, 1.82) is 0 Å². The van der Waals surface area contributed by atoms with Crippen molar-refractivity contribution in [2.24, 2.45) is 0 Å². The van der Waals surface area contributed by atoms with Crippen molar-refractivity contribution < 1.29 is 10.2 Å². The fourth-order valence-electron chi connectivity index (χ4n) is 3.16. The smallest absolute Gasteiger partial charge is 0.123 e. The molecular formula is C30H48O2. The van der Waals surface area contributed by atoms with Gasteiger partial charge < -0.3 is 10.2 Å². The minimum Gasteiger partial charge on any atom is -0.386 e. The first-order chi connectivity index (χ1) is 14.8. The Balaban J connectivity index is 4.50. The molecule has 2 heteroatoms. The third-order valence-electron chi connectivity index (χ3n) is 5.32. The summed E-state index contributed by atoms with van der Waals surface area (Å²) >= 11 is 0. The van der Waals surface area contributed by atoms with Crippen molar-refractivity contribution in [2.45, 2.75) is 118 Å². The van der Waals surface area contributed by atoms with E-state index in [2.05, 4.69) is 77.7 Å². The lowest BCUT2D eigenvalue weighted by Crippen LogP contribution is -2.21. The Morgan fingerprint density at radius 1 is 0.688 bits per heavy atom. The van der Waals surface area contributed by atoms with Crippen LogP contribution in [0.4, 0.5) is 0 Å². The minimum absolute atomic E-state index is 0.598. The van der Waals surface area contributed by atoms with Gasteiger partial charge >= 0.3 is 0 Å². The van der Waals surface area contributed by atoms with Crippen LogP contribution in [0.25, 0.3) is 0 Å². The summed E-state index contributed by atoms with van der Waals surface area (Å²) in [5.41, 5.74) is 3.49. The van der Waals surface area contributed by atoms with Crippen LogP contribution in [0.3, 0.4) is 0 Å². The summed E-state index contributed by atoms with van der Waals surface area (Å²) < 4.78 is 0. The molecule has 0 aromatic rings. The molecule has 0 spiro atoms. The Hall–Kier alpha value is -1.82. The molecular weight excluding hydrogens is 392 g/mol. The summed E-state index contributed by atoms with van der Waals surface area (Å²) in [7, 11) is 0. The van der Waals surface area contributed by atoms with Crippen molar-refractivity contribution >= 4 is 0 Å². The predicted octanol–water partition coefficient (Wildman–Crippen LogP) is 7.99. The van der Waals surface area contributed by atoms with E-state index < -0.39 is 11.2 Å². The number of hydrogen-bond donors (Lipinski definition) is 2. The van der Waals surface area contributed by atoms with Crippen molar-refractivity contribution in [3.05, 3.63) is 58.7 Å². The molecule has 180 valence electrons. The Kier molecular flexibility index (Phi) is 15.0. The molecule has 2 nitrogen and oxygen atoms in total. The van der Waals surface area contributed by atoms with Crippen molar-refractivity contribution in [1.82, 2.24) is 0 Å². The van der Waals surface area contributed by atoms with E-state index in [0.29, 0.717) is 12.8 Å². The molecule has 32 heavy (non-hydrogen) atoms. The molecule has 0 aliphatic heterocycles. The van der Waals surface area contributed by atoms with Gasteiger partial charge in [0.15, 0.2) is 0 Å². The summed E-state index contributed by atoms with van der Waals surface area (Å²) in [6, 6.07) is 0. The van der Waals surface area contributed by atoms with Gasteiger partial charge in [-0.3, -0.25) is 0 Å². The Morgan fingerprint density at radius 3 is 1.62 bits per heavy atom. The van der Waals surface area contributed by atoms with Gasteiger partial charge in [-0.05, 0) is 119 Å². The van der Waals surface area contributed by atoms with Crippen LogP contribution in [0.5, 0.6) is 0 Å². The third kappa shape index (κ3) is 18.9. The molecule has 0 heterocycles. The average Bonchev–Trinajstić information content (AvgIpc) is 2.64. The highest BCUT2D eigenvalue weighted by Gasteiger charge is 2.16. The number of rotatable bonds is 13. The highest BCUT2D eigenvalue weighted by Crippen LogP contribution is 2.17. The van der Waals surface area contributed by atoms with E-state index in [4.69, 9.17) is 0 Å². The van der Waals surface area contributed by atoms with Gasteiger partial charge in [0.1, 0.15) is 5.60 Å². The molecule has 0 aromatic carbocycles. The third-order valence-corrected chi connectivity index (χ3v) is 5.32. The first kappa shape index (κ1) is 30.2. The molecule has 0 saturated heterocycles. The standard InChI is InChI=1S/C30H48O2/c1-25(2)15-11-17-27(5)19-13-23-29(7,31)21-9-10-22-30(8,32)24-14-20-28(6)18-12-16-26(3)4/h9,15-16,19-21,31-32H,11-14,17-18,23-24H2,1-8H3. The fraction of sp³-hybridized carbons (Fsp3) is 0.600. The van der Waals surface area contributed by atoms with Crippen molar-refractivity contribution in [3.8, 4) is 11.8 Å². The molecule has 0 bridgehead atoms. The lowest BCUT2D eigenvalue weighted by molar-refractivity contribution is 0.103. The molecule has 2 atom stereocenters. The topological polar surface area (TPSA) is 40.5 Å². The van der Waals surface area contributed by atoms with E-state index in [1.165, 1.54) is 22.3 Å².